The quantitative estimate of drug-likeness (QED) is 0.668. The smallest absolute Gasteiger partial charge is 0.220 e. The molecule has 0 bridgehead atoms. The van der Waals surface area contributed by atoms with E-state index >= 15 is 0 Å². The standard InChI is InChI=1S/C22H28N4O2/c27-20(16-25-12-10-17-5-1-2-6-18(17)14-25)13-23-22(28)9-8-19-15-26-11-4-3-7-21(26)24-19/h1-7,11,15,20-21,24,27H,8-10,12-14,16H2,(H,23,28). The summed E-state index contributed by atoms with van der Waals surface area (Å²) in [6, 6.07) is 8.47. The second-order valence-electron chi connectivity index (χ2n) is 7.63. The molecule has 6 nitrogen and oxygen atoms in total. The van der Waals surface area contributed by atoms with E-state index in [-0.39, 0.29) is 12.1 Å². The van der Waals surface area contributed by atoms with Crippen molar-refractivity contribution in [2.24, 2.45) is 0 Å². The van der Waals surface area contributed by atoms with Gasteiger partial charge in [-0.2, -0.15) is 0 Å². The van der Waals surface area contributed by atoms with Gasteiger partial charge in [0.05, 0.1) is 6.10 Å². The Morgan fingerprint density at radius 1 is 1.29 bits per heavy atom. The van der Waals surface area contributed by atoms with E-state index in [1.807, 2.05) is 24.6 Å². The third-order valence-electron chi connectivity index (χ3n) is 5.46. The molecule has 1 aromatic rings. The number of aliphatic hydroxyl groups excluding tert-OH is 1. The number of allylic oxidation sites excluding steroid dienone is 3. The number of fused-ring (bicyclic) bond motifs is 2. The van der Waals surface area contributed by atoms with Gasteiger partial charge in [0.1, 0.15) is 6.17 Å². The number of nitrogens with one attached hydrogen (secondary N) is 2. The number of rotatable bonds is 7. The van der Waals surface area contributed by atoms with Gasteiger partial charge in [0.25, 0.3) is 0 Å². The van der Waals surface area contributed by atoms with E-state index in [0.29, 0.717) is 25.9 Å². The number of nitrogens with zero attached hydrogens (tertiary/aromatic N) is 2. The molecule has 3 N–H and O–H groups in total. The Morgan fingerprint density at radius 3 is 3.00 bits per heavy atom. The van der Waals surface area contributed by atoms with Crippen LogP contribution in [0, 0.1) is 0 Å². The molecule has 0 spiro atoms. The number of hydrogen-bond acceptors (Lipinski definition) is 5. The Kier molecular flexibility index (Phi) is 5.78. The van der Waals surface area contributed by atoms with Gasteiger partial charge in [0, 0.05) is 50.7 Å². The van der Waals surface area contributed by atoms with Crippen molar-refractivity contribution in [3.05, 3.63) is 71.7 Å². The summed E-state index contributed by atoms with van der Waals surface area (Å²) in [5.41, 5.74) is 3.80. The molecule has 0 fully saturated rings. The van der Waals surface area contributed by atoms with E-state index in [2.05, 4.69) is 50.8 Å². The van der Waals surface area contributed by atoms with Crippen molar-refractivity contribution in [3.63, 3.8) is 0 Å². The van der Waals surface area contributed by atoms with Crippen molar-refractivity contribution in [1.82, 2.24) is 20.4 Å². The molecule has 6 heteroatoms. The molecule has 1 amide bonds. The van der Waals surface area contributed by atoms with Gasteiger partial charge in [-0.3, -0.25) is 9.69 Å². The van der Waals surface area contributed by atoms with E-state index in [0.717, 1.165) is 25.2 Å². The summed E-state index contributed by atoms with van der Waals surface area (Å²) < 4.78 is 0. The van der Waals surface area contributed by atoms with Crippen molar-refractivity contribution in [2.45, 2.75) is 38.1 Å². The second-order valence-corrected chi connectivity index (χ2v) is 7.63. The number of benzene rings is 1. The molecule has 2 unspecified atom stereocenters. The highest BCUT2D eigenvalue weighted by atomic mass is 16.3. The molecular formula is C22H28N4O2. The topological polar surface area (TPSA) is 67.8 Å². The first kappa shape index (κ1) is 18.8. The average Bonchev–Trinajstić information content (AvgIpc) is 3.14. The van der Waals surface area contributed by atoms with Crippen LogP contribution in [0.25, 0.3) is 0 Å². The van der Waals surface area contributed by atoms with Gasteiger partial charge in [-0.05, 0) is 36.1 Å². The molecule has 2 atom stereocenters. The fourth-order valence-electron chi connectivity index (χ4n) is 3.94. The molecule has 4 rings (SSSR count). The summed E-state index contributed by atoms with van der Waals surface area (Å²) in [6.45, 7) is 2.68. The largest absolute Gasteiger partial charge is 0.390 e. The van der Waals surface area contributed by atoms with E-state index < -0.39 is 6.10 Å². The second kappa shape index (κ2) is 8.63. The zero-order chi connectivity index (χ0) is 19.3. The van der Waals surface area contributed by atoms with Crippen LogP contribution in [0.15, 0.2) is 60.6 Å². The minimum absolute atomic E-state index is 0.0262. The zero-order valence-electron chi connectivity index (χ0n) is 16.1. The predicted molar refractivity (Wildman–Crippen MR) is 109 cm³/mol. The summed E-state index contributed by atoms with van der Waals surface area (Å²) >= 11 is 0. The number of aliphatic hydroxyl groups is 1. The Hall–Kier alpha value is -2.57. The summed E-state index contributed by atoms with van der Waals surface area (Å²) in [7, 11) is 0. The monoisotopic (exact) mass is 380 g/mol. The molecule has 0 saturated heterocycles. The van der Waals surface area contributed by atoms with Crippen molar-refractivity contribution in [1.29, 1.82) is 0 Å². The van der Waals surface area contributed by atoms with Gasteiger partial charge in [0.15, 0.2) is 0 Å². The van der Waals surface area contributed by atoms with E-state index in [1.165, 1.54) is 11.1 Å². The number of β-amino-alcohol motifs (C(OH)–C–C–N with tert-alkyl or cyclic N) is 1. The Balaban J connectivity index is 1.15. The molecule has 1 aromatic carbocycles. The van der Waals surface area contributed by atoms with E-state index in [4.69, 9.17) is 0 Å². The van der Waals surface area contributed by atoms with Crippen LogP contribution < -0.4 is 10.6 Å². The van der Waals surface area contributed by atoms with Gasteiger partial charge >= 0.3 is 0 Å². The van der Waals surface area contributed by atoms with Crippen molar-refractivity contribution >= 4 is 5.91 Å². The predicted octanol–water partition coefficient (Wildman–Crippen LogP) is 1.46. The van der Waals surface area contributed by atoms with Gasteiger partial charge in [-0.1, -0.05) is 30.3 Å². The number of amides is 1. The molecule has 3 heterocycles. The highest BCUT2D eigenvalue weighted by Crippen LogP contribution is 2.19. The van der Waals surface area contributed by atoms with Crippen LogP contribution in [0.1, 0.15) is 24.0 Å². The minimum atomic E-state index is -0.553. The minimum Gasteiger partial charge on any atom is -0.390 e. The van der Waals surface area contributed by atoms with Crippen LogP contribution in [0.3, 0.4) is 0 Å². The maximum Gasteiger partial charge on any atom is 0.220 e. The Bertz CT molecular complexity index is 801. The Labute approximate surface area is 166 Å². The summed E-state index contributed by atoms with van der Waals surface area (Å²) in [4.78, 5) is 16.5. The van der Waals surface area contributed by atoms with Gasteiger partial charge in [0.2, 0.25) is 5.91 Å². The molecule has 148 valence electrons. The van der Waals surface area contributed by atoms with Gasteiger partial charge in [-0.15, -0.1) is 0 Å². The van der Waals surface area contributed by atoms with E-state index in [9.17, 15) is 9.90 Å². The maximum atomic E-state index is 12.1. The number of hydrogen-bond donors (Lipinski definition) is 3. The van der Waals surface area contributed by atoms with Crippen LogP contribution in [0.5, 0.6) is 0 Å². The first-order chi connectivity index (χ1) is 13.7. The lowest BCUT2D eigenvalue weighted by molar-refractivity contribution is -0.121. The van der Waals surface area contributed by atoms with Crippen LogP contribution >= 0.6 is 0 Å². The highest BCUT2D eigenvalue weighted by molar-refractivity contribution is 5.76. The summed E-state index contributed by atoms with van der Waals surface area (Å²) in [6.07, 6.45) is 11.9. The molecule has 0 aliphatic carbocycles. The number of carbonyl (C=O) groups is 1. The Morgan fingerprint density at radius 2 is 2.14 bits per heavy atom. The fourth-order valence-corrected chi connectivity index (χ4v) is 3.94. The molecule has 28 heavy (non-hydrogen) atoms. The molecule has 0 radical (unpaired) electrons. The molecule has 3 aliphatic heterocycles. The lowest BCUT2D eigenvalue weighted by atomic mass is 10.00. The lowest BCUT2D eigenvalue weighted by Crippen LogP contribution is -2.42. The normalized spacial score (nSPS) is 21.5. The van der Waals surface area contributed by atoms with E-state index in [1.54, 1.807) is 0 Å². The van der Waals surface area contributed by atoms with Crippen LogP contribution in [0.4, 0.5) is 0 Å². The SMILES string of the molecule is O=C(CCC1=CN2C=CC=CC2N1)NCC(O)CN1CCc2ccccc2C1. The first-order valence-corrected chi connectivity index (χ1v) is 10.0. The first-order valence-electron chi connectivity index (χ1n) is 10.0. The number of carbonyl (C=O) groups excluding carboxylic acids is 1. The van der Waals surface area contributed by atoms with Crippen molar-refractivity contribution in [3.8, 4) is 0 Å². The third-order valence-corrected chi connectivity index (χ3v) is 5.46. The summed E-state index contributed by atoms with van der Waals surface area (Å²) in [5.74, 6) is -0.0262. The van der Waals surface area contributed by atoms with Crippen LogP contribution in [0.2, 0.25) is 0 Å². The molecule has 0 saturated carbocycles. The fraction of sp³-hybridized carbons (Fsp3) is 0.409. The van der Waals surface area contributed by atoms with Crippen LogP contribution in [-0.4, -0.2) is 52.7 Å². The van der Waals surface area contributed by atoms with Crippen molar-refractivity contribution in [2.75, 3.05) is 19.6 Å². The molecule has 3 aliphatic rings. The average molecular weight is 380 g/mol. The molecular weight excluding hydrogens is 352 g/mol. The zero-order valence-corrected chi connectivity index (χ0v) is 16.1. The van der Waals surface area contributed by atoms with Crippen molar-refractivity contribution < 1.29 is 9.90 Å². The highest BCUT2D eigenvalue weighted by Gasteiger charge is 2.21. The maximum absolute atomic E-state index is 12.1. The van der Waals surface area contributed by atoms with Crippen LogP contribution in [-0.2, 0) is 17.8 Å². The van der Waals surface area contributed by atoms with Gasteiger partial charge in [-0.25, -0.2) is 0 Å². The van der Waals surface area contributed by atoms with Gasteiger partial charge < -0.3 is 20.6 Å². The lowest BCUT2D eigenvalue weighted by Gasteiger charge is -2.30. The third kappa shape index (κ3) is 4.64. The summed E-state index contributed by atoms with van der Waals surface area (Å²) in [5, 5.41) is 16.6. The molecule has 0 aromatic heterocycles.